The summed E-state index contributed by atoms with van der Waals surface area (Å²) in [4.78, 5) is 25.0. The molecule has 0 rings (SSSR count). The Morgan fingerprint density at radius 3 is 2.82 bits per heavy atom. The molecule has 0 aliphatic heterocycles. The average molecular weight is 162 g/mol. The van der Waals surface area contributed by atoms with E-state index in [2.05, 4.69) is 10.3 Å². The molecule has 0 aliphatic carbocycles. The number of hydrogen-bond acceptors (Lipinski definition) is 5. The fourth-order valence-electron chi connectivity index (χ4n) is 0.388. The Kier molecular flexibility index (Phi) is 4.99. The Balaban J connectivity index is 3.74. The quantitative estimate of drug-likeness (QED) is 0.195. The van der Waals surface area contributed by atoms with Gasteiger partial charge in [0.05, 0.1) is 0 Å². The molecule has 0 aromatic rings. The van der Waals surface area contributed by atoms with Gasteiger partial charge in [-0.1, -0.05) is 0 Å². The number of carbonyl (C=O) groups is 2. The highest BCUT2D eigenvalue weighted by Crippen LogP contribution is 1.82. The minimum atomic E-state index is -0.686. The number of nitrogens with one attached hydrogen (secondary N) is 2. The maximum atomic E-state index is 10.6. The number of amides is 2. The van der Waals surface area contributed by atoms with Crippen molar-refractivity contribution >= 4 is 12.3 Å². The van der Waals surface area contributed by atoms with Gasteiger partial charge in [0.25, 0.3) is 0 Å². The fourth-order valence-corrected chi connectivity index (χ4v) is 0.388. The third-order valence-corrected chi connectivity index (χ3v) is 0.783. The lowest BCUT2D eigenvalue weighted by atomic mass is 10.8. The minimum Gasteiger partial charge on any atom is -0.301 e. The van der Waals surface area contributed by atoms with Gasteiger partial charge in [0.1, 0.15) is 12.9 Å². The number of hydrogen-bond donors (Lipinski definition) is 3. The Morgan fingerprint density at radius 2 is 2.45 bits per heavy atom. The molecule has 0 radical (unpaired) electrons. The number of carbonyl (C=O) groups excluding carboxylic acids is 2. The molecule has 0 atom stereocenters. The van der Waals surface area contributed by atoms with E-state index in [1.54, 1.807) is 0 Å². The van der Waals surface area contributed by atoms with Gasteiger partial charge in [-0.2, -0.15) is 0 Å². The van der Waals surface area contributed by atoms with E-state index in [-0.39, 0.29) is 6.61 Å². The molecule has 0 fully saturated rings. The van der Waals surface area contributed by atoms with Crippen molar-refractivity contribution in [2.24, 2.45) is 5.84 Å². The van der Waals surface area contributed by atoms with Crippen LogP contribution in [0.2, 0.25) is 0 Å². The van der Waals surface area contributed by atoms with Gasteiger partial charge in [-0.15, -0.1) is 5.17 Å². The van der Waals surface area contributed by atoms with Gasteiger partial charge < -0.3 is 4.79 Å². The lowest BCUT2D eigenvalue weighted by Gasteiger charge is -2.17. The van der Waals surface area contributed by atoms with E-state index in [0.717, 1.165) is 0 Å². The van der Waals surface area contributed by atoms with Crippen LogP contribution in [-0.2, 0) is 9.63 Å². The van der Waals surface area contributed by atoms with Crippen LogP contribution < -0.4 is 16.7 Å². The maximum absolute atomic E-state index is 10.6. The summed E-state index contributed by atoms with van der Waals surface area (Å²) in [7, 11) is 1.44. The van der Waals surface area contributed by atoms with Gasteiger partial charge >= 0.3 is 6.03 Å². The molecule has 4 N–H and O–H groups in total. The molecule has 0 saturated carbocycles. The summed E-state index contributed by atoms with van der Waals surface area (Å²) < 4.78 is 0. The van der Waals surface area contributed by atoms with Gasteiger partial charge in [0.2, 0.25) is 0 Å². The summed E-state index contributed by atoms with van der Waals surface area (Å²) in [6, 6.07) is -0.686. The van der Waals surface area contributed by atoms with Crippen molar-refractivity contribution in [2.75, 3.05) is 13.7 Å². The van der Waals surface area contributed by atoms with E-state index in [1.165, 1.54) is 7.05 Å². The zero-order valence-corrected chi connectivity index (χ0v) is 6.03. The molecule has 0 bridgehead atoms. The standard InChI is InChI=1S/C4H10N4O3/c1-6-8(4(10)7-5)11-3-2-9/h2,6H,3,5H2,1H3,(H,7,10). The topological polar surface area (TPSA) is 96.7 Å². The van der Waals surface area contributed by atoms with Crippen LogP contribution in [0, 0.1) is 0 Å². The van der Waals surface area contributed by atoms with Crippen molar-refractivity contribution < 1.29 is 14.4 Å². The van der Waals surface area contributed by atoms with Crippen molar-refractivity contribution in [3.05, 3.63) is 0 Å². The summed E-state index contributed by atoms with van der Waals surface area (Å²) in [5, 5.41) is 0.703. The van der Waals surface area contributed by atoms with Crippen LogP contribution >= 0.6 is 0 Å². The van der Waals surface area contributed by atoms with Crippen molar-refractivity contribution in [2.45, 2.75) is 0 Å². The van der Waals surface area contributed by atoms with Crippen molar-refractivity contribution in [1.82, 2.24) is 16.0 Å². The second-order valence-electron chi connectivity index (χ2n) is 1.43. The van der Waals surface area contributed by atoms with Crippen molar-refractivity contribution in [3.8, 4) is 0 Å². The van der Waals surface area contributed by atoms with Crippen LogP contribution in [0.5, 0.6) is 0 Å². The highest BCUT2D eigenvalue weighted by Gasteiger charge is 2.08. The summed E-state index contributed by atoms with van der Waals surface area (Å²) in [5.74, 6) is 4.77. The van der Waals surface area contributed by atoms with E-state index >= 15 is 0 Å². The second-order valence-corrected chi connectivity index (χ2v) is 1.43. The Hall–Kier alpha value is -1.18. The van der Waals surface area contributed by atoms with Gasteiger partial charge in [-0.3, -0.25) is 5.43 Å². The summed E-state index contributed by atoms with van der Waals surface area (Å²) >= 11 is 0. The molecule has 2 amide bonds. The van der Waals surface area contributed by atoms with Crippen LogP contribution in [0.1, 0.15) is 0 Å². The first-order valence-corrected chi connectivity index (χ1v) is 2.81. The Labute approximate surface area is 63.4 Å². The molecule has 0 aromatic carbocycles. The summed E-state index contributed by atoms with van der Waals surface area (Å²) in [6.45, 7) is -0.214. The van der Waals surface area contributed by atoms with Gasteiger partial charge in [-0.25, -0.2) is 20.9 Å². The third kappa shape index (κ3) is 3.50. The Morgan fingerprint density at radius 1 is 1.82 bits per heavy atom. The normalized spacial score (nSPS) is 8.91. The Bertz CT molecular complexity index is 139. The molecule has 0 spiro atoms. The number of aldehydes is 1. The lowest BCUT2D eigenvalue weighted by Crippen LogP contribution is -2.49. The van der Waals surface area contributed by atoms with E-state index in [9.17, 15) is 9.59 Å². The first kappa shape index (κ1) is 9.82. The number of nitrogens with two attached hydrogens (primary N) is 1. The van der Waals surface area contributed by atoms with Gasteiger partial charge in [0, 0.05) is 7.05 Å². The van der Waals surface area contributed by atoms with Crippen LogP contribution in [-0.4, -0.2) is 31.1 Å². The lowest BCUT2D eigenvalue weighted by molar-refractivity contribution is -0.153. The molecule has 0 saturated heterocycles. The average Bonchev–Trinajstić information content (AvgIpc) is 2.05. The predicted molar refractivity (Wildman–Crippen MR) is 35.6 cm³/mol. The molecule has 7 nitrogen and oxygen atoms in total. The molecule has 11 heavy (non-hydrogen) atoms. The number of urea groups is 1. The minimum absolute atomic E-state index is 0.214. The monoisotopic (exact) mass is 162 g/mol. The van der Waals surface area contributed by atoms with Crippen LogP contribution in [0.15, 0.2) is 0 Å². The van der Waals surface area contributed by atoms with E-state index in [0.29, 0.717) is 11.5 Å². The smallest absolute Gasteiger partial charge is 0.301 e. The molecule has 7 heteroatoms. The van der Waals surface area contributed by atoms with Crippen LogP contribution in [0.4, 0.5) is 4.79 Å². The van der Waals surface area contributed by atoms with Gasteiger partial charge in [-0.05, 0) is 0 Å². The van der Waals surface area contributed by atoms with Crippen LogP contribution in [0.3, 0.4) is 0 Å². The third-order valence-electron chi connectivity index (χ3n) is 0.783. The zero-order chi connectivity index (χ0) is 8.69. The number of hydroxylamine groups is 1. The predicted octanol–water partition coefficient (Wildman–Crippen LogP) is -1.86. The fraction of sp³-hybridized carbons (Fsp3) is 0.500. The highest BCUT2D eigenvalue weighted by molar-refractivity contribution is 5.71. The summed E-state index contributed by atoms with van der Waals surface area (Å²) in [5.41, 5.74) is 4.16. The molecule has 0 heterocycles. The van der Waals surface area contributed by atoms with E-state index in [1.807, 2.05) is 5.43 Å². The largest absolute Gasteiger partial charge is 0.370 e. The molecular formula is C4H10N4O3. The van der Waals surface area contributed by atoms with E-state index in [4.69, 9.17) is 5.84 Å². The molecular weight excluding hydrogens is 152 g/mol. The molecule has 0 aliphatic rings. The first-order valence-electron chi connectivity index (χ1n) is 2.81. The zero-order valence-electron chi connectivity index (χ0n) is 6.03. The summed E-state index contributed by atoms with van der Waals surface area (Å²) in [6.07, 6.45) is 0.508. The molecule has 64 valence electrons. The molecule has 0 aromatic heterocycles. The van der Waals surface area contributed by atoms with Crippen molar-refractivity contribution in [1.29, 1.82) is 0 Å². The number of rotatable bonds is 4. The second kappa shape index (κ2) is 5.59. The van der Waals surface area contributed by atoms with Gasteiger partial charge in [0.15, 0.2) is 0 Å². The number of nitrogens with zero attached hydrogens (tertiary/aromatic N) is 1. The number of hydrazine groups is 2. The highest BCUT2D eigenvalue weighted by atomic mass is 16.7. The SMILES string of the molecule is CNN(OCC=O)C(=O)NN. The van der Waals surface area contributed by atoms with Crippen LogP contribution in [0.25, 0.3) is 0 Å². The first-order chi connectivity index (χ1) is 5.26. The van der Waals surface area contributed by atoms with Crippen molar-refractivity contribution in [3.63, 3.8) is 0 Å². The van der Waals surface area contributed by atoms with E-state index < -0.39 is 6.03 Å². The maximum Gasteiger partial charge on any atom is 0.370 e. The molecule has 0 unspecified atom stereocenters.